The van der Waals surface area contributed by atoms with Crippen LogP contribution in [0.4, 0.5) is 8.78 Å². The van der Waals surface area contributed by atoms with Gasteiger partial charge >= 0.3 is 0 Å². The lowest BCUT2D eigenvalue weighted by molar-refractivity contribution is 0.0693. The Labute approximate surface area is 123 Å². The summed E-state index contributed by atoms with van der Waals surface area (Å²) in [6, 6.07) is 3.29. The van der Waals surface area contributed by atoms with Gasteiger partial charge in [-0.25, -0.2) is 13.8 Å². The Kier molecular flexibility index (Phi) is 5.47. The smallest absolute Gasteiger partial charge is 0.272 e. The molecule has 0 saturated heterocycles. The SMILES string of the molecule is CN(C(=O)c1ccc(OCC(F)F)nc1)C1CCCCC1. The molecule has 0 N–H and O–H groups in total. The highest BCUT2D eigenvalue weighted by Crippen LogP contribution is 2.23. The van der Waals surface area contributed by atoms with Gasteiger partial charge in [0.25, 0.3) is 12.3 Å². The monoisotopic (exact) mass is 298 g/mol. The van der Waals surface area contributed by atoms with Crippen LogP contribution in [-0.2, 0) is 0 Å². The van der Waals surface area contributed by atoms with E-state index >= 15 is 0 Å². The van der Waals surface area contributed by atoms with Gasteiger partial charge in [0.1, 0.15) is 0 Å². The Balaban J connectivity index is 1.95. The second-order valence-electron chi connectivity index (χ2n) is 5.30. The minimum atomic E-state index is -2.54. The van der Waals surface area contributed by atoms with Crippen molar-refractivity contribution in [3.63, 3.8) is 0 Å². The highest BCUT2D eigenvalue weighted by molar-refractivity contribution is 5.94. The van der Waals surface area contributed by atoms with Gasteiger partial charge in [0, 0.05) is 25.4 Å². The number of pyridine rings is 1. The molecule has 1 aliphatic carbocycles. The summed E-state index contributed by atoms with van der Waals surface area (Å²) >= 11 is 0. The van der Waals surface area contributed by atoms with Crippen LogP contribution in [0.15, 0.2) is 18.3 Å². The third-order valence-corrected chi connectivity index (χ3v) is 3.78. The summed E-state index contributed by atoms with van der Waals surface area (Å²) in [5.74, 6) is 0.0157. The molecule has 1 aliphatic rings. The fourth-order valence-electron chi connectivity index (χ4n) is 2.58. The quantitative estimate of drug-likeness (QED) is 0.838. The van der Waals surface area contributed by atoms with Gasteiger partial charge in [-0.3, -0.25) is 4.79 Å². The number of aromatic nitrogens is 1. The molecule has 0 unspecified atom stereocenters. The molecule has 6 heteroatoms. The molecular weight excluding hydrogens is 278 g/mol. The van der Waals surface area contributed by atoms with Crippen molar-refractivity contribution in [1.29, 1.82) is 0 Å². The fourth-order valence-corrected chi connectivity index (χ4v) is 2.58. The van der Waals surface area contributed by atoms with Crippen LogP contribution >= 0.6 is 0 Å². The molecular formula is C15H20F2N2O2. The predicted molar refractivity (Wildman–Crippen MR) is 74.7 cm³/mol. The van der Waals surface area contributed by atoms with E-state index in [1.807, 2.05) is 0 Å². The van der Waals surface area contributed by atoms with Crippen LogP contribution in [0.3, 0.4) is 0 Å². The van der Waals surface area contributed by atoms with E-state index in [2.05, 4.69) is 4.98 Å². The maximum atomic E-state index is 12.3. The zero-order valence-electron chi connectivity index (χ0n) is 12.1. The minimum Gasteiger partial charge on any atom is -0.472 e. The Morgan fingerprint density at radius 1 is 1.38 bits per heavy atom. The van der Waals surface area contributed by atoms with Crippen LogP contribution in [0.1, 0.15) is 42.5 Å². The first-order valence-corrected chi connectivity index (χ1v) is 7.22. The van der Waals surface area contributed by atoms with Crippen molar-refractivity contribution >= 4 is 5.91 Å². The van der Waals surface area contributed by atoms with Gasteiger partial charge in [-0.05, 0) is 18.9 Å². The lowest BCUT2D eigenvalue weighted by atomic mass is 9.94. The Hall–Kier alpha value is -1.72. The van der Waals surface area contributed by atoms with Gasteiger partial charge in [0.2, 0.25) is 5.88 Å². The van der Waals surface area contributed by atoms with Gasteiger partial charge in [-0.1, -0.05) is 19.3 Å². The van der Waals surface area contributed by atoms with Crippen molar-refractivity contribution in [2.24, 2.45) is 0 Å². The molecule has 1 amide bonds. The van der Waals surface area contributed by atoms with Gasteiger partial charge in [-0.15, -0.1) is 0 Å². The Morgan fingerprint density at radius 2 is 2.10 bits per heavy atom. The zero-order valence-corrected chi connectivity index (χ0v) is 12.1. The number of ether oxygens (including phenoxy) is 1. The average Bonchev–Trinajstić information content (AvgIpc) is 2.53. The van der Waals surface area contributed by atoms with E-state index in [9.17, 15) is 13.6 Å². The number of amides is 1. The fraction of sp³-hybridized carbons (Fsp3) is 0.600. The molecule has 21 heavy (non-hydrogen) atoms. The number of carbonyl (C=O) groups excluding carboxylic acids is 1. The molecule has 2 rings (SSSR count). The Morgan fingerprint density at radius 3 is 2.67 bits per heavy atom. The second kappa shape index (κ2) is 7.33. The normalized spacial score (nSPS) is 16.0. The summed E-state index contributed by atoms with van der Waals surface area (Å²) < 4.78 is 28.8. The maximum Gasteiger partial charge on any atom is 0.272 e. The predicted octanol–water partition coefficient (Wildman–Crippen LogP) is 3.13. The summed E-state index contributed by atoms with van der Waals surface area (Å²) in [7, 11) is 1.81. The molecule has 1 aromatic heterocycles. The van der Waals surface area contributed by atoms with E-state index in [1.165, 1.54) is 18.7 Å². The first-order valence-electron chi connectivity index (χ1n) is 7.22. The van der Waals surface area contributed by atoms with Crippen LogP contribution < -0.4 is 4.74 Å². The third kappa shape index (κ3) is 4.37. The summed E-state index contributed by atoms with van der Waals surface area (Å²) in [6.07, 6.45) is 4.45. The van der Waals surface area contributed by atoms with Gasteiger partial charge in [0.15, 0.2) is 6.61 Å². The maximum absolute atomic E-state index is 12.3. The van der Waals surface area contributed by atoms with Crippen molar-refractivity contribution < 1.29 is 18.3 Å². The van der Waals surface area contributed by atoms with Gasteiger partial charge in [-0.2, -0.15) is 0 Å². The zero-order chi connectivity index (χ0) is 15.2. The van der Waals surface area contributed by atoms with Crippen molar-refractivity contribution in [1.82, 2.24) is 9.88 Å². The number of hydrogen-bond donors (Lipinski definition) is 0. The number of rotatable bonds is 5. The highest BCUT2D eigenvalue weighted by atomic mass is 19.3. The van der Waals surface area contributed by atoms with Crippen molar-refractivity contribution in [2.45, 2.75) is 44.6 Å². The first kappa shape index (κ1) is 15.7. The Bertz CT molecular complexity index is 459. The molecule has 1 fully saturated rings. The molecule has 1 heterocycles. The summed E-state index contributed by atoms with van der Waals surface area (Å²) in [6.45, 7) is -0.692. The molecule has 1 saturated carbocycles. The van der Waals surface area contributed by atoms with E-state index in [1.54, 1.807) is 18.0 Å². The lowest BCUT2D eigenvalue weighted by Crippen LogP contribution is -2.38. The highest BCUT2D eigenvalue weighted by Gasteiger charge is 2.23. The van der Waals surface area contributed by atoms with Crippen LogP contribution in [-0.4, -0.2) is 41.9 Å². The largest absolute Gasteiger partial charge is 0.472 e. The van der Waals surface area contributed by atoms with Gasteiger partial charge in [0.05, 0.1) is 5.56 Å². The second-order valence-corrected chi connectivity index (χ2v) is 5.30. The molecule has 0 bridgehead atoms. The molecule has 116 valence electrons. The summed E-state index contributed by atoms with van der Waals surface area (Å²) in [4.78, 5) is 18.0. The molecule has 0 radical (unpaired) electrons. The van der Waals surface area contributed by atoms with E-state index < -0.39 is 13.0 Å². The first-order chi connectivity index (χ1) is 10.1. The molecule has 4 nitrogen and oxygen atoms in total. The standard InChI is InChI=1S/C15H20F2N2O2/c1-19(12-5-3-2-4-6-12)15(20)11-7-8-14(18-9-11)21-10-13(16)17/h7-9,12-13H,2-6,10H2,1H3. The number of alkyl halides is 2. The van der Waals surface area contributed by atoms with E-state index in [0.717, 1.165) is 25.7 Å². The number of carbonyl (C=O) groups is 1. The van der Waals surface area contributed by atoms with Crippen LogP contribution in [0, 0.1) is 0 Å². The third-order valence-electron chi connectivity index (χ3n) is 3.78. The van der Waals surface area contributed by atoms with E-state index in [0.29, 0.717) is 5.56 Å². The van der Waals surface area contributed by atoms with Crippen LogP contribution in [0.5, 0.6) is 5.88 Å². The van der Waals surface area contributed by atoms with Crippen LogP contribution in [0.25, 0.3) is 0 Å². The number of halogens is 2. The lowest BCUT2D eigenvalue weighted by Gasteiger charge is -2.31. The van der Waals surface area contributed by atoms with Crippen molar-refractivity contribution in [3.05, 3.63) is 23.9 Å². The van der Waals surface area contributed by atoms with Crippen LogP contribution in [0.2, 0.25) is 0 Å². The topological polar surface area (TPSA) is 42.4 Å². The van der Waals surface area contributed by atoms with Crippen molar-refractivity contribution in [3.8, 4) is 5.88 Å². The molecule has 0 aliphatic heterocycles. The van der Waals surface area contributed by atoms with Gasteiger partial charge < -0.3 is 9.64 Å². The molecule has 0 aromatic carbocycles. The van der Waals surface area contributed by atoms with E-state index in [-0.39, 0.29) is 17.8 Å². The number of nitrogens with zero attached hydrogens (tertiary/aromatic N) is 2. The minimum absolute atomic E-state index is 0.0881. The summed E-state index contributed by atoms with van der Waals surface area (Å²) in [5, 5.41) is 0. The molecule has 0 spiro atoms. The summed E-state index contributed by atoms with van der Waals surface area (Å²) in [5.41, 5.74) is 0.451. The molecule has 1 aromatic rings. The average molecular weight is 298 g/mol. The number of hydrogen-bond acceptors (Lipinski definition) is 3. The van der Waals surface area contributed by atoms with E-state index in [4.69, 9.17) is 4.74 Å². The van der Waals surface area contributed by atoms with Crippen molar-refractivity contribution in [2.75, 3.05) is 13.7 Å². The molecule has 0 atom stereocenters.